The molecule has 0 aromatic heterocycles. The third-order valence-electron chi connectivity index (χ3n) is 2.39. The van der Waals surface area contributed by atoms with Crippen LogP contribution in [0.1, 0.15) is 0 Å². The van der Waals surface area contributed by atoms with Crippen LogP contribution in [0.15, 0.2) is 23.1 Å². The second-order valence-corrected chi connectivity index (χ2v) is 7.20. The lowest BCUT2D eigenvalue weighted by Crippen LogP contribution is -2.35. The van der Waals surface area contributed by atoms with Gasteiger partial charge >= 0.3 is 0 Å². The van der Waals surface area contributed by atoms with Crippen molar-refractivity contribution < 1.29 is 13.2 Å². The Bertz CT molecular complexity index is 525. The van der Waals surface area contributed by atoms with Crippen molar-refractivity contribution in [1.29, 1.82) is 0 Å². The second kappa shape index (κ2) is 7.81. The normalized spacial score (nSPS) is 12.1. The molecule has 0 fully saturated rings. The summed E-state index contributed by atoms with van der Waals surface area (Å²) in [6, 6.07) is 4.37. The van der Waals surface area contributed by atoms with Crippen molar-refractivity contribution in [2.75, 3.05) is 32.1 Å². The van der Waals surface area contributed by atoms with Crippen LogP contribution >= 0.6 is 39.1 Å². The summed E-state index contributed by atoms with van der Waals surface area (Å²) in [5.74, 6) is 0. The Morgan fingerprint density at radius 2 is 2.00 bits per heavy atom. The maximum Gasteiger partial charge on any atom is 0.244 e. The third-order valence-corrected chi connectivity index (χ3v) is 5.36. The number of methoxy groups -OCH3 is 1. The standard InChI is InChI=1S/C11H14BrCl2NO3S/c1-18-7-6-15(5-4-12)19(16,17)11-8-9(13)2-3-10(11)14/h2-3,8H,4-7H2,1H3. The van der Waals surface area contributed by atoms with E-state index in [1.165, 1.54) is 23.5 Å². The van der Waals surface area contributed by atoms with E-state index >= 15 is 0 Å². The minimum Gasteiger partial charge on any atom is -0.383 e. The molecule has 1 aromatic rings. The number of alkyl halides is 1. The smallest absolute Gasteiger partial charge is 0.244 e. The van der Waals surface area contributed by atoms with Gasteiger partial charge in [0.2, 0.25) is 10.0 Å². The van der Waals surface area contributed by atoms with E-state index in [9.17, 15) is 8.42 Å². The Hall–Kier alpha value is 0.150. The number of ether oxygens (including phenoxy) is 1. The van der Waals surface area contributed by atoms with Crippen LogP contribution in [-0.4, -0.2) is 44.9 Å². The molecule has 0 aliphatic rings. The van der Waals surface area contributed by atoms with E-state index in [4.69, 9.17) is 27.9 Å². The van der Waals surface area contributed by atoms with Crippen LogP contribution in [0.2, 0.25) is 10.0 Å². The molecule has 1 aromatic carbocycles. The molecule has 0 aliphatic heterocycles. The maximum atomic E-state index is 12.5. The van der Waals surface area contributed by atoms with Gasteiger partial charge in [-0.15, -0.1) is 0 Å². The highest BCUT2D eigenvalue weighted by molar-refractivity contribution is 9.09. The minimum absolute atomic E-state index is 0.0127. The maximum absolute atomic E-state index is 12.5. The van der Waals surface area contributed by atoms with E-state index in [-0.39, 0.29) is 16.5 Å². The molecule has 0 saturated carbocycles. The van der Waals surface area contributed by atoms with Crippen LogP contribution in [0, 0.1) is 0 Å². The summed E-state index contributed by atoms with van der Waals surface area (Å²) in [6.45, 7) is 0.895. The van der Waals surface area contributed by atoms with Gasteiger partial charge in [-0.05, 0) is 18.2 Å². The van der Waals surface area contributed by atoms with Crippen LogP contribution < -0.4 is 0 Å². The van der Waals surface area contributed by atoms with Crippen LogP contribution in [0.25, 0.3) is 0 Å². The molecule has 0 atom stereocenters. The monoisotopic (exact) mass is 389 g/mol. The fourth-order valence-corrected chi connectivity index (χ4v) is 4.28. The zero-order chi connectivity index (χ0) is 14.5. The quantitative estimate of drug-likeness (QED) is 0.672. The fraction of sp³-hybridized carbons (Fsp3) is 0.455. The van der Waals surface area contributed by atoms with Crippen molar-refractivity contribution in [3.63, 3.8) is 0 Å². The summed E-state index contributed by atoms with van der Waals surface area (Å²) in [5, 5.41) is 1.00. The van der Waals surface area contributed by atoms with Crippen molar-refractivity contribution in [2.45, 2.75) is 4.90 Å². The lowest BCUT2D eigenvalue weighted by molar-refractivity contribution is 0.181. The molecule has 19 heavy (non-hydrogen) atoms. The van der Waals surface area contributed by atoms with Gasteiger partial charge in [0, 0.05) is 30.6 Å². The molecule has 0 bridgehead atoms. The van der Waals surface area contributed by atoms with Gasteiger partial charge in [0.1, 0.15) is 4.90 Å². The molecule has 8 heteroatoms. The molecule has 0 aliphatic carbocycles. The first-order valence-corrected chi connectivity index (χ1v) is 8.75. The van der Waals surface area contributed by atoms with Gasteiger partial charge in [0.25, 0.3) is 0 Å². The number of halogens is 3. The Kier molecular flexibility index (Phi) is 7.07. The largest absolute Gasteiger partial charge is 0.383 e. The van der Waals surface area contributed by atoms with E-state index in [1.807, 2.05) is 0 Å². The Morgan fingerprint density at radius 1 is 1.32 bits per heavy atom. The Labute approximate surface area is 131 Å². The van der Waals surface area contributed by atoms with Crippen LogP contribution in [0.5, 0.6) is 0 Å². The van der Waals surface area contributed by atoms with Crippen molar-refractivity contribution in [3.05, 3.63) is 28.2 Å². The molecule has 4 nitrogen and oxygen atoms in total. The summed E-state index contributed by atoms with van der Waals surface area (Å²) in [4.78, 5) is 0.0127. The Balaban J connectivity index is 3.14. The van der Waals surface area contributed by atoms with Crippen LogP contribution in [0.4, 0.5) is 0 Å². The zero-order valence-electron chi connectivity index (χ0n) is 10.3. The van der Waals surface area contributed by atoms with Crippen molar-refractivity contribution >= 4 is 49.2 Å². The molecule has 108 valence electrons. The molecule has 0 heterocycles. The molecular weight excluding hydrogens is 377 g/mol. The van der Waals surface area contributed by atoms with Crippen molar-refractivity contribution in [3.8, 4) is 0 Å². The van der Waals surface area contributed by atoms with Gasteiger partial charge in [0.05, 0.1) is 11.6 Å². The first-order valence-electron chi connectivity index (χ1n) is 5.43. The van der Waals surface area contributed by atoms with Gasteiger partial charge in [-0.25, -0.2) is 8.42 Å². The minimum atomic E-state index is -3.68. The van der Waals surface area contributed by atoms with E-state index in [0.29, 0.717) is 23.5 Å². The van der Waals surface area contributed by atoms with E-state index in [1.54, 1.807) is 6.07 Å². The SMILES string of the molecule is COCCN(CCBr)S(=O)(=O)c1cc(Cl)ccc1Cl. The number of sulfonamides is 1. The molecule has 0 saturated heterocycles. The van der Waals surface area contributed by atoms with Crippen molar-refractivity contribution in [1.82, 2.24) is 4.31 Å². The molecule has 0 spiro atoms. The molecular formula is C11H14BrCl2NO3S. The topological polar surface area (TPSA) is 46.6 Å². The van der Waals surface area contributed by atoms with Gasteiger partial charge in [-0.2, -0.15) is 4.31 Å². The molecule has 0 amide bonds. The average Bonchev–Trinajstić information content (AvgIpc) is 2.37. The zero-order valence-corrected chi connectivity index (χ0v) is 14.2. The number of benzene rings is 1. The summed E-state index contributed by atoms with van der Waals surface area (Å²) in [7, 11) is -2.16. The lowest BCUT2D eigenvalue weighted by atomic mass is 10.4. The first-order chi connectivity index (χ1) is 8.93. The molecule has 0 N–H and O–H groups in total. The van der Waals surface area contributed by atoms with E-state index in [2.05, 4.69) is 15.9 Å². The summed E-state index contributed by atoms with van der Waals surface area (Å²) >= 11 is 15.0. The van der Waals surface area contributed by atoms with Gasteiger partial charge in [-0.3, -0.25) is 0 Å². The molecule has 1 rings (SSSR count). The lowest BCUT2D eigenvalue weighted by Gasteiger charge is -2.21. The fourth-order valence-electron chi connectivity index (χ4n) is 1.45. The van der Waals surface area contributed by atoms with Gasteiger partial charge < -0.3 is 4.74 Å². The van der Waals surface area contributed by atoms with Gasteiger partial charge in [-0.1, -0.05) is 39.1 Å². The van der Waals surface area contributed by atoms with E-state index < -0.39 is 10.0 Å². The van der Waals surface area contributed by atoms with Crippen LogP contribution in [-0.2, 0) is 14.8 Å². The average molecular weight is 391 g/mol. The Morgan fingerprint density at radius 3 is 2.58 bits per heavy atom. The number of nitrogens with zero attached hydrogens (tertiary/aromatic N) is 1. The number of hydrogen-bond acceptors (Lipinski definition) is 3. The first kappa shape index (κ1) is 17.2. The van der Waals surface area contributed by atoms with Crippen LogP contribution in [0.3, 0.4) is 0 Å². The molecule has 0 radical (unpaired) electrons. The van der Waals surface area contributed by atoms with Crippen molar-refractivity contribution in [2.24, 2.45) is 0 Å². The summed E-state index contributed by atoms with van der Waals surface area (Å²) < 4.78 is 31.2. The highest BCUT2D eigenvalue weighted by Crippen LogP contribution is 2.27. The number of rotatable bonds is 7. The highest BCUT2D eigenvalue weighted by Gasteiger charge is 2.26. The summed E-state index contributed by atoms with van der Waals surface area (Å²) in [6.07, 6.45) is 0. The van der Waals surface area contributed by atoms with E-state index in [0.717, 1.165) is 0 Å². The second-order valence-electron chi connectivity index (χ2n) is 3.66. The predicted octanol–water partition coefficient (Wildman–Crippen LogP) is 3.03. The third kappa shape index (κ3) is 4.58. The summed E-state index contributed by atoms with van der Waals surface area (Å²) in [5.41, 5.74) is 0. The molecule has 0 unspecified atom stereocenters. The number of hydrogen-bond donors (Lipinski definition) is 0. The van der Waals surface area contributed by atoms with Gasteiger partial charge in [0.15, 0.2) is 0 Å². The highest BCUT2D eigenvalue weighted by atomic mass is 79.9. The predicted molar refractivity (Wildman–Crippen MR) is 80.9 cm³/mol.